The zero-order chi connectivity index (χ0) is 23.0. The molecule has 0 N–H and O–H groups in total. The van der Waals surface area contributed by atoms with Gasteiger partial charge in [-0.2, -0.15) is 4.98 Å². The number of aromatic nitrogens is 3. The number of rotatable bonds is 9. The molecule has 168 valence electrons. The number of amides is 1. The van der Waals surface area contributed by atoms with Gasteiger partial charge < -0.3 is 18.9 Å². The molecule has 0 unspecified atom stereocenters. The Hall–Kier alpha value is -4.20. The molecule has 1 amide bonds. The lowest BCUT2D eigenvalue weighted by Gasteiger charge is -2.25. The number of nitrogens with zero attached hydrogens (tertiary/aromatic N) is 4. The molecule has 0 atom stereocenters. The molecular weight excluding hydrogens is 420 g/mol. The van der Waals surface area contributed by atoms with E-state index >= 15 is 0 Å². The number of hydrogen-bond acceptors (Lipinski definition) is 7. The van der Waals surface area contributed by atoms with Crippen molar-refractivity contribution in [2.24, 2.45) is 0 Å². The molecule has 8 nitrogen and oxygen atoms in total. The van der Waals surface area contributed by atoms with E-state index in [9.17, 15) is 4.79 Å². The lowest BCUT2D eigenvalue weighted by atomic mass is 10.3. The van der Waals surface area contributed by atoms with Gasteiger partial charge in [-0.3, -0.25) is 9.78 Å². The molecule has 0 aliphatic heterocycles. The molecule has 8 heteroatoms. The summed E-state index contributed by atoms with van der Waals surface area (Å²) in [6, 6.07) is 20.2. The third-order valence-corrected chi connectivity index (χ3v) is 4.80. The Bertz CT molecular complexity index is 1160. The van der Waals surface area contributed by atoms with Crippen molar-refractivity contribution in [1.82, 2.24) is 20.0 Å². The normalized spacial score (nSPS) is 10.8. The van der Waals surface area contributed by atoms with Crippen molar-refractivity contribution in [3.05, 3.63) is 85.0 Å². The number of carbonyl (C=O) groups excluding carboxylic acids is 1. The maximum atomic E-state index is 12.8. The molecule has 0 spiro atoms. The van der Waals surface area contributed by atoms with E-state index in [2.05, 4.69) is 15.1 Å². The summed E-state index contributed by atoms with van der Waals surface area (Å²) in [6.07, 6.45) is 3.33. The largest absolute Gasteiger partial charge is 0.484 e. The maximum Gasteiger partial charge on any atom is 0.261 e. The number of ether oxygens (including phenoxy) is 2. The molecule has 2 heterocycles. The van der Waals surface area contributed by atoms with Crippen molar-refractivity contribution >= 4 is 5.91 Å². The third kappa shape index (κ3) is 5.94. The fourth-order valence-corrected chi connectivity index (χ4v) is 3.09. The predicted molar refractivity (Wildman–Crippen MR) is 122 cm³/mol. The highest BCUT2D eigenvalue weighted by atomic mass is 16.5. The summed E-state index contributed by atoms with van der Waals surface area (Å²) in [6.45, 7) is 3.93. The van der Waals surface area contributed by atoms with Crippen LogP contribution in [0.25, 0.3) is 11.4 Å². The van der Waals surface area contributed by atoms with Gasteiger partial charge in [-0.15, -0.1) is 0 Å². The molecular formula is C25H24N4O4. The summed E-state index contributed by atoms with van der Waals surface area (Å²) in [7, 11) is 0. The van der Waals surface area contributed by atoms with Gasteiger partial charge in [0.2, 0.25) is 11.7 Å². The second-order valence-electron chi connectivity index (χ2n) is 7.54. The van der Waals surface area contributed by atoms with Crippen molar-refractivity contribution in [2.75, 3.05) is 6.61 Å². The smallest absolute Gasteiger partial charge is 0.261 e. The predicted octanol–water partition coefficient (Wildman–Crippen LogP) is 4.74. The minimum Gasteiger partial charge on any atom is -0.484 e. The summed E-state index contributed by atoms with van der Waals surface area (Å²) in [5.41, 5.74) is 0.748. The zero-order valence-electron chi connectivity index (χ0n) is 18.4. The Morgan fingerprint density at radius 1 is 0.970 bits per heavy atom. The molecule has 4 rings (SSSR count). The molecule has 0 aliphatic carbocycles. The Balaban J connectivity index is 1.33. The van der Waals surface area contributed by atoms with Crippen LogP contribution in [0.4, 0.5) is 0 Å². The van der Waals surface area contributed by atoms with Crippen molar-refractivity contribution in [3.63, 3.8) is 0 Å². The minimum absolute atomic E-state index is 0.0727. The van der Waals surface area contributed by atoms with Gasteiger partial charge >= 0.3 is 0 Å². The Labute approximate surface area is 191 Å². The van der Waals surface area contributed by atoms with Gasteiger partial charge in [-0.25, -0.2) is 0 Å². The molecule has 0 bridgehead atoms. The highest BCUT2D eigenvalue weighted by molar-refractivity contribution is 5.78. The SMILES string of the molecule is CC(C)N(Cc1nc(-c2cccnc2)no1)C(=O)COc1ccc(Oc2ccccc2)cc1. The molecule has 0 radical (unpaired) electrons. The number of hydrogen-bond donors (Lipinski definition) is 0. The molecule has 2 aromatic heterocycles. The minimum atomic E-state index is -0.185. The highest BCUT2D eigenvalue weighted by Crippen LogP contribution is 2.23. The van der Waals surface area contributed by atoms with Gasteiger partial charge in [-0.05, 0) is 62.4 Å². The van der Waals surface area contributed by atoms with E-state index in [0.717, 1.165) is 11.3 Å². The number of benzene rings is 2. The first-order chi connectivity index (χ1) is 16.1. The molecule has 2 aromatic carbocycles. The quantitative estimate of drug-likeness (QED) is 0.368. The third-order valence-electron chi connectivity index (χ3n) is 4.80. The summed E-state index contributed by atoms with van der Waals surface area (Å²) < 4.78 is 16.8. The monoisotopic (exact) mass is 444 g/mol. The van der Waals surface area contributed by atoms with Gasteiger partial charge in [0.25, 0.3) is 5.91 Å². The van der Waals surface area contributed by atoms with Crippen molar-refractivity contribution < 1.29 is 18.8 Å². The molecule has 0 saturated carbocycles. The van der Waals surface area contributed by atoms with Crippen LogP contribution in [-0.2, 0) is 11.3 Å². The van der Waals surface area contributed by atoms with E-state index in [4.69, 9.17) is 14.0 Å². The van der Waals surface area contributed by atoms with Crippen LogP contribution in [-0.4, -0.2) is 38.6 Å². The standard InChI is InChI=1S/C25H24N4O4/c1-18(2)29(16-23-27-25(28-33-23)19-7-6-14-26-15-19)24(30)17-31-20-10-12-22(13-11-20)32-21-8-4-3-5-9-21/h3-15,18H,16-17H2,1-2H3. The van der Waals surface area contributed by atoms with Crippen molar-refractivity contribution in [3.8, 4) is 28.6 Å². The summed E-state index contributed by atoms with van der Waals surface area (Å²) in [4.78, 5) is 22.9. The Kier molecular flexibility index (Phi) is 6.94. The number of para-hydroxylation sites is 1. The first-order valence-corrected chi connectivity index (χ1v) is 10.6. The fourth-order valence-electron chi connectivity index (χ4n) is 3.09. The van der Waals surface area contributed by atoms with Crippen molar-refractivity contribution in [1.29, 1.82) is 0 Å². The summed E-state index contributed by atoms with van der Waals surface area (Å²) in [5.74, 6) is 2.60. The van der Waals surface area contributed by atoms with Gasteiger partial charge in [0, 0.05) is 24.0 Å². The van der Waals surface area contributed by atoms with Crippen LogP contribution >= 0.6 is 0 Å². The van der Waals surface area contributed by atoms with Gasteiger partial charge in [0.15, 0.2) is 6.61 Å². The van der Waals surface area contributed by atoms with Gasteiger partial charge in [0.05, 0.1) is 0 Å². The fraction of sp³-hybridized carbons (Fsp3) is 0.200. The van der Waals surface area contributed by atoms with E-state index in [1.807, 2.05) is 50.2 Å². The van der Waals surface area contributed by atoms with Crippen LogP contribution in [0.1, 0.15) is 19.7 Å². The highest BCUT2D eigenvalue weighted by Gasteiger charge is 2.21. The number of pyridine rings is 1. The van der Waals surface area contributed by atoms with Crippen LogP contribution in [0, 0.1) is 0 Å². The molecule has 4 aromatic rings. The summed E-state index contributed by atoms with van der Waals surface area (Å²) >= 11 is 0. The van der Waals surface area contributed by atoms with E-state index in [-0.39, 0.29) is 25.1 Å². The molecule has 33 heavy (non-hydrogen) atoms. The van der Waals surface area contributed by atoms with E-state index in [0.29, 0.717) is 23.2 Å². The van der Waals surface area contributed by atoms with E-state index in [1.54, 1.807) is 47.6 Å². The topological polar surface area (TPSA) is 90.6 Å². The average Bonchev–Trinajstić information content (AvgIpc) is 3.32. The first kappa shape index (κ1) is 22.0. The second-order valence-corrected chi connectivity index (χ2v) is 7.54. The van der Waals surface area contributed by atoms with Gasteiger partial charge in [-0.1, -0.05) is 23.4 Å². The zero-order valence-corrected chi connectivity index (χ0v) is 18.4. The molecule has 0 aliphatic rings. The summed E-state index contributed by atoms with van der Waals surface area (Å²) in [5, 5.41) is 3.98. The first-order valence-electron chi connectivity index (χ1n) is 10.6. The van der Waals surface area contributed by atoms with E-state index < -0.39 is 0 Å². The van der Waals surface area contributed by atoms with Gasteiger partial charge in [0.1, 0.15) is 23.8 Å². The van der Waals surface area contributed by atoms with Crippen LogP contribution in [0.3, 0.4) is 0 Å². The second kappa shape index (κ2) is 10.4. The molecule has 0 fully saturated rings. The lowest BCUT2D eigenvalue weighted by molar-refractivity contribution is -0.136. The average molecular weight is 444 g/mol. The van der Waals surface area contributed by atoms with Crippen LogP contribution in [0.5, 0.6) is 17.2 Å². The van der Waals surface area contributed by atoms with Crippen molar-refractivity contribution in [2.45, 2.75) is 26.4 Å². The van der Waals surface area contributed by atoms with E-state index in [1.165, 1.54) is 0 Å². The maximum absolute atomic E-state index is 12.8. The van der Waals surface area contributed by atoms with Crippen LogP contribution in [0.2, 0.25) is 0 Å². The van der Waals surface area contributed by atoms with Crippen LogP contribution in [0.15, 0.2) is 83.6 Å². The Morgan fingerprint density at radius 2 is 1.70 bits per heavy atom. The number of carbonyl (C=O) groups is 1. The Morgan fingerprint density at radius 3 is 2.39 bits per heavy atom. The molecule has 0 saturated heterocycles. The lowest BCUT2D eigenvalue weighted by Crippen LogP contribution is -2.39. The van der Waals surface area contributed by atoms with Crippen LogP contribution < -0.4 is 9.47 Å².